The summed E-state index contributed by atoms with van der Waals surface area (Å²) in [4.78, 5) is 19.8. The molecule has 0 atom stereocenters. The summed E-state index contributed by atoms with van der Waals surface area (Å²) in [5.74, 6) is -1.84. The molecule has 0 spiro atoms. The fourth-order valence-corrected chi connectivity index (χ4v) is 1.75. The third-order valence-electron chi connectivity index (χ3n) is 2.97. The zero-order chi connectivity index (χ0) is 24.6. The highest BCUT2D eigenvalue weighted by atomic mass is 16.4. The van der Waals surface area contributed by atoms with E-state index in [1.165, 1.54) is 25.7 Å². The molecule has 184 valence electrons. The molecule has 0 aromatic carbocycles. The number of unbranched alkanes of at least 4 members (excludes halogenated alkanes) is 8. The molecule has 0 bridgehead atoms. The number of hydrogen-bond acceptors (Lipinski definition) is 4. The van der Waals surface area contributed by atoms with Crippen molar-refractivity contribution in [2.75, 3.05) is 56.4 Å². The van der Waals surface area contributed by atoms with Crippen molar-refractivity contribution in [2.45, 2.75) is 90.9 Å². The molecule has 0 aliphatic carbocycles. The average molecular weight is 435 g/mol. The zero-order valence-electron chi connectivity index (χ0n) is 22.0. The van der Waals surface area contributed by atoms with E-state index in [9.17, 15) is 19.8 Å². The molecular weight excluding hydrogens is 380 g/mol. The predicted octanol–water partition coefficient (Wildman–Crippen LogP) is 2.84. The van der Waals surface area contributed by atoms with Gasteiger partial charge in [-0.25, -0.2) is 0 Å². The van der Waals surface area contributed by atoms with Crippen LogP contribution in [0.1, 0.15) is 90.9 Å². The van der Waals surface area contributed by atoms with Crippen LogP contribution in [0.3, 0.4) is 0 Å². The molecule has 0 rings (SSSR count). The summed E-state index contributed by atoms with van der Waals surface area (Å²) in [5, 5.41) is 19.8. The maximum Gasteiger partial charge on any atom is 0.0675 e. The largest absolute Gasteiger partial charge is 0.550 e. The minimum atomic E-state index is -0.920. The number of rotatable bonds is 12. The lowest BCUT2D eigenvalue weighted by Gasteiger charge is -2.14. The number of hydrogen-bond donors (Lipinski definition) is 0. The Bertz CT molecular complexity index is 324. The van der Waals surface area contributed by atoms with Crippen molar-refractivity contribution in [3.63, 3.8) is 0 Å². The monoisotopic (exact) mass is 434 g/mol. The molecule has 30 heavy (non-hydrogen) atoms. The van der Waals surface area contributed by atoms with E-state index in [0.717, 1.165) is 47.5 Å². The molecular formula is C24H54N2O4. The van der Waals surface area contributed by atoms with Gasteiger partial charge >= 0.3 is 0 Å². The summed E-state index contributed by atoms with van der Waals surface area (Å²) in [6, 6.07) is 0. The van der Waals surface area contributed by atoms with Crippen LogP contribution < -0.4 is 10.2 Å². The summed E-state index contributed by atoms with van der Waals surface area (Å²) in [6.45, 7) is 4.28. The molecule has 0 N–H and O–H groups in total. The Kier molecular flexibility index (Phi) is 29.2. The summed E-state index contributed by atoms with van der Waals surface area (Å²) < 4.78 is 2.00. The van der Waals surface area contributed by atoms with Crippen molar-refractivity contribution in [1.29, 1.82) is 0 Å². The van der Waals surface area contributed by atoms with Gasteiger partial charge in [0.1, 0.15) is 0 Å². The first-order valence-corrected chi connectivity index (χ1v) is 11.5. The van der Waals surface area contributed by atoms with Gasteiger partial charge in [0, 0.05) is 11.9 Å². The standard InChI is InChI=1S/2C8H16O2.2C4H12N/c2*1-2-3-4-5-6-7-8(9)10;2*1-5(2,3)4/h2*2-7H2,1H3,(H,9,10);2*1-4H3/q;;2*+1/p-2. The van der Waals surface area contributed by atoms with Gasteiger partial charge in [-0.15, -0.1) is 0 Å². The molecule has 0 aromatic rings. The highest BCUT2D eigenvalue weighted by Gasteiger charge is 1.90. The average Bonchev–Trinajstić information content (AvgIpc) is 2.51. The van der Waals surface area contributed by atoms with Crippen molar-refractivity contribution < 1.29 is 28.8 Å². The van der Waals surface area contributed by atoms with Crippen LogP contribution in [0.15, 0.2) is 0 Å². The van der Waals surface area contributed by atoms with E-state index in [-0.39, 0.29) is 12.8 Å². The summed E-state index contributed by atoms with van der Waals surface area (Å²) in [5.41, 5.74) is 0. The van der Waals surface area contributed by atoms with Crippen LogP contribution in [0.4, 0.5) is 0 Å². The Morgan fingerprint density at radius 1 is 0.500 bits per heavy atom. The summed E-state index contributed by atoms with van der Waals surface area (Å²) >= 11 is 0. The SMILES string of the molecule is CCCCCCCC(=O)[O-].CCCCCCCC(=O)[O-].C[N+](C)(C)C.C[N+](C)(C)C. The number of carbonyl (C=O) groups is 2. The van der Waals surface area contributed by atoms with Crippen molar-refractivity contribution >= 4 is 11.9 Å². The first-order valence-electron chi connectivity index (χ1n) is 11.5. The van der Waals surface area contributed by atoms with E-state index in [2.05, 4.69) is 70.2 Å². The van der Waals surface area contributed by atoms with Gasteiger partial charge in [-0.1, -0.05) is 65.2 Å². The van der Waals surface area contributed by atoms with E-state index >= 15 is 0 Å². The molecule has 0 unspecified atom stereocenters. The lowest BCUT2D eigenvalue weighted by atomic mass is 10.1. The third kappa shape index (κ3) is 109. The highest BCUT2D eigenvalue weighted by Crippen LogP contribution is 2.04. The molecule has 0 amide bonds. The molecule has 0 heterocycles. The van der Waals surface area contributed by atoms with E-state index < -0.39 is 11.9 Å². The Morgan fingerprint density at radius 3 is 0.867 bits per heavy atom. The van der Waals surface area contributed by atoms with Gasteiger partial charge in [0.15, 0.2) is 0 Å². The quantitative estimate of drug-likeness (QED) is 0.349. The highest BCUT2D eigenvalue weighted by molar-refractivity contribution is 5.64. The van der Waals surface area contributed by atoms with Gasteiger partial charge in [0.05, 0.1) is 56.4 Å². The van der Waals surface area contributed by atoms with Crippen LogP contribution in [0.5, 0.6) is 0 Å². The molecule has 6 nitrogen and oxygen atoms in total. The van der Waals surface area contributed by atoms with Crippen LogP contribution in [0.2, 0.25) is 0 Å². The van der Waals surface area contributed by atoms with Gasteiger partial charge in [-0.2, -0.15) is 0 Å². The number of quaternary nitrogens is 2. The van der Waals surface area contributed by atoms with E-state index in [0.29, 0.717) is 0 Å². The molecule has 0 radical (unpaired) electrons. The third-order valence-corrected chi connectivity index (χ3v) is 2.97. The topological polar surface area (TPSA) is 80.3 Å². The van der Waals surface area contributed by atoms with E-state index in [4.69, 9.17) is 0 Å². The van der Waals surface area contributed by atoms with E-state index in [1.807, 2.05) is 0 Å². The fraction of sp³-hybridized carbons (Fsp3) is 0.917. The van der Waals surface area contributed by atoms with Crippen molar-refractivity contribution in [1.82, 2.24) is 0 Å². The van der Waals surface area contributed by atoms with Crippen molar-refractivity contribution in [3.05, 3.63) is 0 Å². The van der Waals surface area contributed by atoms with Gasteiger partial charge in [0.25, 0.3) is 0 Å². The normalized spacial score (nSPS) is 10.5. The number of carbonyl (C=O) groups excluding carboxylic acids is 2. The van der Waals surface area contributed by atoms with Crippen LogP contribution in [0.25, 0.3) is 0 Å². The second kappa shape index (κ2) is 24.1. The predicted molar refractivity (Wildman–Crippen MR) is 125 cm³/mol. The first-order chi connectivity index (χ1) is 13.5. The molecule has 0 saturated heterocycles. The van der Waals surface area contributed by atoms with Crippen LogP contribution in [-0.2, 0) is 9.59 Å². The van der Waals surface area contributed by atoms with Crippen LogP contribution in [0, 0.1) is 0 Å². The van der Waals surface area contributed by atoms with Gasteiger partial charge in [-0.05, 0) is 25.7 Å². The Hall–Kier alpha value is -1.14. The minimum Gasteiger partial charge on any atom is -0.550 e. The number of carboxylic acids is 2. The molecule has 0 fully saturated rings. The van der Waals surface area contributed by atoms with Crippen molar-refractivity contribution in [3.8, 4) is 0 Å². The lowest BCUT2D eigenvalue weighted by molar-refractivity contribution is -0.849. The smallest absolute Gasteiger partial charge is 0.0675 e. The number of aliphatic carboxylic acids is 2. The Morgan fingerprint density at radius 2 is 0.700 bits per heavy atom. The van der Waals surface area contributed by atoms with Crippen LogP contribution in [-0.4, -0.2) is 77.3 Å². The summed E-state index contributed by atoms with van der Waals surface area (Å²) in [7, 11) is 17.0. The fourth-order valence-electron chi connectivity index (χ4n) is 1.75. The maximum atomic E-state index is 9.92. The van der Waals surface area contributed by atoms with Gasteiger partial charge < -0.3 is 28.8 Å². The lowest BCUT2D eigenvalue weighted by Crippen LogP contribution is -2.27. The second-order valence-electron chi connectivity index (χ2n) is 10.4. The van der Waals surface area contributed by atoms with Gasteiger partial charge in [-0.3, -0.25) is 0 Å². The maximum absolute atomic E-state index is 9.92. The first kappa shape index (κ1) is 36.2. The molecule has 0 saturated carbocycles. The molecule has 0 aliphatic rings. The van der Waals surface area contributed by atoms with Gasteiger partial charge in [0.2, 0.25) is 0 Å². The molecule has 0 aliphatic heterocycles. The van der Waals surface area contributed by atoms with Crippen LogP contribution >= 0.6 is 0 Å². The van der Waals surface area contributed by atoms with E-state index in [1.54, 1.807) is 0 Å². The second-order valence-corrected chi connectivity index (χ2v) is 10.4. The minimum absolute atomic E-state index is 0.226. The Labute approximate surface area is 188 Å². The number of nitrogens with zero attached hydrogens (tertiary/aromatic N) is 2. The molecule has 6 heteroatoms. The van der Waals surface area contributed by atoms with Crippen molar-refractivity contribution in [2.24, 2.45) is 0 Å². The Balaban J connectivity index is -0.000000159. The summed E-state index contributed by atoms with van der Waals surface area (Å²) in [6.07, 6.45) is 11.2. The molecule has 0 aromatic heterocycles. The zero-order valence-corrected chi connectivity index (χ0v) is 22.0. The number of carboxylic acid groups (broad SMARTS) is 2.